The van der Waals surface area contributed by atoms with Crippen LogP contribution in [0.4, 0.5) is 4.39 Å². The molecule has 5 rings (SSSR count). The van der Waals surface area contributed by atoms with E-state index in [1.54, 1.807) is 31.2 Å². The van der Waals surface area contributed by atoms with E-state index in [2.05, 4.69) is 24.8 Å². The molecule has 2 heterocycles. The van der Waals surface area contributed by atoms with Crippen LogP contribution in [0.2, 0.25) is 5.02 Å². The Kier molecular flexibility index (Phi) is 7.34. The predicted octanol–water partition coefficient (Wildman–Crippen LogP) is 7.23. The summed E-state index contributed by atoms with van der Waals surface area (Å²) in [6.45, 7) is 9.09. The Morgan fingerprint density at radius 2 is 1.97 bits per heavy atom. The maximum Gasteiger partial charge on any atom is 0.176 e. The van der Waals surface area contributed by atoms with Crippen molar-refractivity contribution in [3.63, 3.8) is 0 Å². The third-order valence-corrected chi connectivity index (χ3v) is 7.85. The fourth-order valence-electron chi connectivity index (χ4n) is 5.32. The van der Waals surface area contributed by atoms with Crippen molar-refractivity contribution in [1.82, 2.24) is 4.90 Å². The van der Waals surface area contributed by atoms with Gasteiger partial charge in [0.2, 0.25) is 0 Å². The first-order chi connectivity index (χ1) is 18.3. The Morgan fingerprint density at radius 3 is 2.66 bits per heavy atom. The van der Waals surface area contributed by atoms with Crippen LogP contribution in [-0.2, 0) is 0 Å². The molecule has 3 aromatic carbocycles. The molecule has 2 aliphatic rings. The van der Waals surface area contributed by atoms with Gasteiger partial charge in [0.1, 0.15) is 30.3 Å². The van der Waals surface area contributed by atoms with Crippen LogP contribution in [-0.4, -0.2) is 35.7 Å². The van der Waals surface area contributed by atoms with E-state index in [9.17, 15) is 10.4 Å². The average Bonchev–Trinajstić information content (AvgIpc) is 3.36. The molecular formula is C31H30ClFN2O3. The number of phenolic OH excluding ortho intramolecular Hbond substituents is 1. The van der Waals surface area contributed by atoms with Crippen LogP contribution in [0.1, 0.15) is 55.5 Å². The normalized spacial score (nSPS) is 20.0. The Hall–Kier alpha value is -3.53. The lowest BCUT2D eigenvalue weighted by Crippen LogP contribution is -2.35. The maximum atomic E-state index is 15.0. The van der Waals surface area contributed by atoms with E-state index in [1.165, 1.54) is 12.5 Å². The van der Waals surface area contributed by atoms with Crippen LogP contribution in [0, 0.1) is 23.1 Å². The summed E-state index contributed by atoms with van der Waals surface area (Å²) in [6, 6.07) is 18.2. The summed E-state index contributed by atoms with van der Waals surface area (Å²) in [6.07, 6.45) is 0.657. The van der Waals surface area contributed by atoms with Crippen molar-refractivity contribution in [3.8, 4) is 23.3 Å². The molecule has 0 aliphatic carbocycles. The maximum absolute atomic E-state index is 15.0. The second-order valence-electron chi connectivity index (χ2n) is 10.2. The second kappa shape index (κ2) is 10.7. The molecular weight excluding hydrogens is 503 g/mol. The van der Waals surface area contributed by atoms with Crippen molar-refractivity contribution < 1.29 is 19.0 Å². The van der Waals surface area contributed by atoms with Gasteiger partial charge in [-0.2, -0.15) is 5.26 Å². The topological polar surface area (TPSA) is 65.7 Å². The summed E-state index contributed by atoms with van der Waals surface area (Å²) in [4.78, 5) is 2.46. The Balaban J connectivity index is 1.47. The number of rotatable bonds is 6. The van der Waals surface area contributed by atoms with Crippen LogP contribution in [0.25, 0.3) is 11.1 Å². The number of nitriles is 1. The molecule has 1 fully saturated rings. The molecule has 0 aromatic heterocycles. The predicted molar refractivity (Wildman–Crippen MR) is 147 cm³/mol. The molecule has 7 heteroatoms. The van der Waals surface area contributed by atoms with Crippen molar-refractivity contribution in [3.05, 3.63) is 87.7 Å². The van der Waals surface area contributed by atoms with E-state index in [4.69, 9.17) is 21.1 Å². The molecule has 0 bridgehead atoms. The molecule has 1 N–H and O–H groups in total. The van der Waals surface area contributed by atoms with E-state index in [0.717, 1.165) is 30.3 Å². The van der Waals surface area contributed by atoms with E-state index < -0.39 is 17.7 Å². The monoisotopic (exact) mass is 532 g/mol. The molecule has 196 valence electrons. The SMILES string of the molecule is CC1=C(c2ccc(Cl)c(C#N)c2)C(c2ccc(OCC(C)N3CCC(C)C3)cc2)Oc2ccc(O)c(F)c21. The van der Waals surface area contributed by atoms with Gasteiger partial charge < -0.3 is 14.6 Å². The minimum absolute atomic E-state index is 0.204. The lowest BCUT2D eigenvalue weighted by atomic mass is 9.85. The highest BCUT2D eigenvalue weighted by Gasteiger charge is 2.32. The van der Waals surface area contributed by atoms with Crippen molar-refractivity contribution in [1.29, 1.82) is 5.26 Å². The molecule has 0 radical (unpaired) electrons. The number of benzene rings is 3. The molecule has 5 nitrogen and oxygen atoms in total. The quantitative estimate of drug-likeness (QED) is 0.363. The summed E-state index contributed by atoms with van der Waals surface area (Å²) in [5.74, 6) is 0.647. The average molecular weight is 533 g/mol. The lowest BCUT2D eigenvalue weighted by molar-refractivity contribution is 0.169. The van der Waals surface area contributed by atoms with Gasteiger partial charge in [0, 0.05) is 18.2 Å². The first kappa shape index (κ1) is 26.1. The van der Waals surface area contributed by atoms with E-state index in [1.807, 2.05) is 24.3 Å². The molecule has 2 aliphatic heterocycles. The highest BCUT2D eigenvalue weighted by molar-refractivity contribution is 6.31. The van der Waals surface area contributed by atoms with Gasteiger partial charge in [-0.1, -0.05) is 36.7 Å². The van der Waals surface area contributed by atoms with Gasteiger partial charge in [-0.05, 0) is 85.8 Å². The lowest BCUT2D eigenvalue weighted by Gasteiger charge is -2.31. The molecule has 3 aromatic rings. The summed E-state index contributed by atoms with van der Waals surface area (Å²) >= 11 is 6.19. The first-order valence-electron chi connectivity index (χ1n) is 12.8. The zero-order valence-corrected chi connectivity index (χ0v) is 22.4. The standard InChI is InChI=1S/C31H30ClFN2O3/c1-18-12-13-35(16-18)19(2)17-37-24-7-4-21(5-8-24)31-28(22-6-9-25(32)23(14-22)15-34)20(3)29-27(38-31)11-10-26(36)30(29)33/h4-11,14,18-19,31,36H,12-13,16-17H2,1-3H3. The Bertz CT molecular complexity index is 1430. The number of halogens is 2. The van der Waals surface area contributed by atoms with Gasteiger partial charge >= 0.3 is 0 Å². The van der Waals surface area contributed by atoms with Gasteiger partial charge in [0.25, 0.3) is 0 Å². The highest BCUT2D eigenvalue weighted by Crippen LogP contribution is 2.49. The van der Waals surface area contributed by atoms with Crippen molar-refractivity contribution in [2.75, 3.05) is 19.7 Å². The molecule has 3 atom stereocenters. The van der Waals surface area contributed by atoms with E-state index in [-0.39, 0.29) is 5.56 Å². The number of fused-ring (bicyclic) bond motifs is 1. The minimum Gasteiger partial charge on any atom is -0.505 e. The fourth-order valence-corrected chi connectivity index (χ4v) is 5.48. The number of nitrogens with zero attached hydrogens (tertiary/aromatic N) is 2. The zero-order valence-electron chi connectivity index (χ0n) is 21.7. The molecule has 0 spiro atoms. The number of likely N-dealkylation sites (tertiary alicyclic amines) is 1. The van der Waals surface area contributed by atoms with Crippen LogP contribution in [0.15, 0.2) is 54.6 Å². The van der Waals surface area contributed by atoms with Gasteiger partial charge in [-0.3, -0.25) is 4.90 Å². The number of ether oxygens (including phenoxy) is 2. The molecule has 3 unspecified atom stereocenters. The van der Waals surface area contributed by atoms with E-state index >= 15 is 4.39 Å². The van der Waals surface area contributed by atoms with Gasteiger partial charge in [0.05, 0.1) is 16.1 Å². The summed E-state index contributed by atoms with van der Waals surface area (Å²) in [7, 11) is 0. The number of aromatic hydroxyl groups is 1. The Morgan fingerprint density at radius 1 is 1.21 bits per heavy atom. The summed E-state index contributed by atoms with van der Waals surface area (Å²) < 4.78 is 27.5. The summed E-state index contributed by atoms with van der Waals surface area (Å²) in [5, 5.41) is 19.9. The summed E-state index contributed by atoms with van der Waals surface area (Å²) in [5.41, 5.74) is 3.37. The van der Waals surface area contributed by atoms with Crippen LogP contribution in [0.3, 0.4) is 0 Å². The van der Waals surface area contributed by atoms with Gasteiger partial charge in [0.15, 0.2) is 11.6 Å². The molecule has 0 saturated carbocycles. The highest BCUT2D eigenvalue weighted by atomic mass is 35.5. The van der Waals surface area contributed by atoms with Gasteiger partial charge in [-0.15, -0.1) is 0 Å². The third-order valence-electron chi connectivity index (χ3n) is 7.52. The van der Waals surface area contributed by atoms with Crippen LogP contribution in [0.5, 0.6) is 17.2 Å². The smallest absolute Gasteiger partial charge is 0.176 e. The molecule has 38 heavy (non-hydrogen) atoms. The van der Waals surface area contributed by atoms with Crippen LogP contribution >= 0.6 is 11.6 Å². The fraction of sp³-hybridized carbons (Fsp3) is 0.323. The number of hydrogen-bond donors (Lipinski definition) is 1. The minimum atomic E-state index is -0.740. The number of hydrogen-bond acceptors (Lipinski definition) is 5. The van der Waals surface area contributed by atoms with Gasteiger partial charge in [-0.25, -0.2) is 4.39 Å². The van der Waals surface area contributed by atoms with Crippen molar-refractivity contribution in [2.24, 2.45) is 5.92 Å². The van der Waals surface area contributed by atoms with Crippen molar-refractivity contribution in [2.45, 2.75) is 39.3 Å². The molecule has 1 saturated heterocycles. The third kappa shape index (κ3) is 4.97. The Labute approximate surface area is 227 Å². The number of allylic oxidation sites excluding steroid dienone is 1. The molecule has 0 amide bonds. The van der Waals surface area contributed by atoms with Crippen LogP contribution < -0.4 is 9.47 Å². The zero-order chi connectivity index (χ0) is 27.0. The van der Waals surface area contributed by atoms with Crippen molar-refractivity contribution >= 4 is 22.7 Å². The second-order valence-corrected chi connectivity index (χ2v) is 10.6. The first-order valence-corrected chi connectivity index (χ1v) is 13.2. The largest absolute Gasteiger partial charge is 0.505 e. The van der Waals surface area contributed by atoms with E-state index in [0.29, 0.717) is 45.7 Å². The number of phenols is 1.